The van der Waals surface area contributed by atoms with Crippen LogP contribution >= 0.6 is 0 Å². The van der Waals surface area contributed by atoms with Crippen LogP contribution in [-0.4, -0.2) is 0 Å². The molecule has 0 radical (unpaired) electrons. The zero-order valence-electron chi connectivity index (χ0n) is 20.0. The Morgan fingerprint density at radius 3 is 1.63 bits per heavy atom. The summed E-state index contributed by atoms with van der Waals surface area (Å²) < 4.78 is 0. The summed E-state index contributed by atoms with van der Waals surface area (Å²) in [5.41, 5.74) is 12.8. The van der Waals surface area contributed by atoms with Crippen molar-refractivity contribution in [1.29, 1.82) is 0 Å². The summed E-state index contributed by atoms with van der Waals surface area (Å²) in [6.45, 7) is 4.74. The van der Waals surface area contributed by atoms with Gasteiger partial charge in [-0.2, -0.15) is 0 Å². The van der Waals surface area contributed by atoms with E-state index in [1.165, 1.54) is 44.5 Å². The topological polar surface area (TPSA) is 12.0 Å². The van der Waals surface area contributed by atoms with Crippen LogP contribution < -0.4 is 5.32 Å². The van der Waals surface area contributed by atoms with Crippen molar-refractivity contribution in [3.63, 3.8) is 0 Å². The first-order valence-corrected chi connectivity index (χ1v) is 12.4. The number of fused-ring (bicyclic) bond motifs is 9. The van der Waals surface area contributed by atoms with Gasteiger partial charge in [0, 0.05) is 22.4 Å². The number of anilines is 2. The third-order valence-corrected chi connectivity index (χ3v) is 8.13. The van der Waals surface area contributed by atoms with Crippen molar-refractivity contribution < 1.29 is 0 Å². The fourth-order valence-corrected chi connectivity index (χ4v) is 6.69. The van der Waals surface area contributed by atoms with Crippen LogP contribution in [0, 0.1) is 0 Å². The van der Waals surface area contributed by atoms with Gasteiger partial charge in [-0.15, -0.1) is 0 Å². The van der Waals surface area contributed by atoms with Crippen molar-refractivity contribution >= 4 is 11.4 Å². The third-order valence-electron chi connectivity index (χ3n) is 8.13. The molecule has 1 N–H and O–H groups in total. The Kier molecular flexibility index (Phi) is 4.17. The summed E-state index contributed by atoms with van der Waals surface area (Å²) in [7, 11) is 0. The molecule has 0 atom stereocenters. The zero-order chi connectivity index (χ0) is 23.6. The molecule has 7 rings (SSSR count). The van der Waals surface area contributed by atoms with Gasteiger partial charge in [-0.1, -0.05) is 117 Å². The van der Waals surface area contributed by atoms with Crippen molar-refractivity contribution in [2.45, 2.75) is 24.7 Å². The first-order chi connectivity index (χ1) is 17.1. The minimum atomic E-state index is -0.344. The molecule has 0 aliphatic heterocycles. The maximum atomic E-state index is 3.73. The van der Waals surface area contributed by atoms with Crippen molar-refractivity contribution in [3.8, 4) is 11.1 Å². The van der Waals surface area contributed by atoms with Gasteiger partial charge >= 0.3 is 0 Å². The predicted molar refractivity (Wildman–Crippen MR) is 146 cm³/mol. The Morgan fingerprint density at radius 2 is 0.971 bits per heavy atom. The van der Waals surface area contributed by atoms with E-state index in [1.807, 2.05) is 0 Å². The van der Waals surface area contributed by atoms with Crippen LogP contribution in [0.1, 0.15) is 47.2 Å². The molecule has 0 unspecified atom stereocenters. The monoisotopic (exact) mass is 449 g/mol. The lowest BCUT2D eigenvalue weighted by Crippen LogP contribution is -2.40. The Balaban J connectivity index is 1.62. The van der Waals surface area contributed by atoms with E-state index in [0.29, 0.717) is 0 Å². The fourth-order valence-electron chi connectivity index (χ4n) is 6.69. The van der Waals surface area contributed by atoms with Crippen molar-refractivity contribution in [2.24, 2.45) is 0 Å². The molecule has 0 bridgehead atoms. The number of benzene rings is 5. The average Bonchev–Trinajstić information content (AvgIpc) is 3.20. The number of hydrogen-bond acceptors (Lipinski definition) is 1. The summed E-state index contributed by atoms with van der Waals surface area (Å²) in [5.74, 6) is 0. The van der Waals surface area contributed by atoms with Gasteiger partial charge in [-0.05, 0) is 57.1 Å². The van der Waals surface area contributed by atoms with Gasteiger partial charge < -0.3 is 5.32 Å². The second-order valence-electron chi connectivity index (χ2n) is 10.2. The molecule has 1 nitrogen and oxygen atoms in total. The van der Waals surface area contributed by atoms with Crippen LogP contribution in [0.5, 0.6) is 0 Å². The maximum Gasteiger partial charge on any atom is 0.0720 e. The van der Waals surface area contributed by atoms with Gasteiger partial charge in [0.2, 0.25) is 0 Å². The SMILES string of the molecule is CC1(C)c2ccccc2C2(c3ccccc3-c3c(Nc4ccccc4)cccc32)c2ccccc21. The number of para-hydroxylation sites is 1. The van der Waals surface area contributed by atoms with Crippen molar-refractivity contribution in [3.05, 3.63) is 155 Å². The largest absolute Gasteiger partial charge is 0.355 e. The standard InChI is InChI=1S/C34H27N/c1-33(2)26-17-8-10-19-28(26)34(29-20-11-9-18-27(29)33)25-16-7-6-15-24(25)32-30(34)21-12-22-31(32)35-23-13-4-3-5-14-23/h3-22,35H,1-2H3. The molecule has 5 aromatic rings. The van der Waals surface area contributed by atoms with Crippen LogP contribution in [0.4, 0.5) is 11.4 Å². The minimum absolute atomic E-state index is 0.0734. The zero-order valence-corrected chi connectivity index (χ0v) is 20.0. The highest BCUT2D eigenvalue weighted by Gasteiger charge is 2.53. The Labute approximate surface area is 207 Å². The van der Waals surface area contributed by atoms with E-state index in [4.69, 9.17) is 0 Å². The second kappa shape index (κ2) is 7.20. The lowest BCUT2D eigenvalue weighted by Gasteiger charge is -2.46. The second-order valence-corrected chi connectivity index (χ2v) is 10.2. The molecule has 2 aliphatic rings. The number of nitrogens with one attached hydrogen (secondary N) is 1. The predicted octanol–water partition coefficient (Wildman–Crippen LogP) is 8.43. The minimum Gasteiger partial charge on any atom is -0.355 e. The number of rotatable bonds is 2. The molecule has 0 heterocycles. The molecule has 168 valence electrons. The molecule has 1 spiro atoms. The van der Waals surface area contributed by atoms with Gasteiger partial charge in [0.25, 0.3) is 0 Å². The molecule has 0 aromatic heterocycles. The molecule has 2 aliphatic carbocycles. The van der Waals surface area contributed by atoms with E-state index in [2.05, 4.69) is 140 Å². The van der Waals surface area contributed by atoms with Gasteiger partial charge in [0.1, 0.15) is 0 Å². The first-order valence-electron chi connectivity index (χ1n) is 12.4. The normalized spacial score (nSPS) is 15.6. The lowest BCUT2D eigenvalue weighted by molar-refractivity contribution is 0.563. The Morgan fingerprint density at radius 1 is 0.457 bits per heavy atom. The smallest absolute Gasteiger partial charge is 0.0720 e. The Hall–Kier alpha value is -4.10. The molecular formula is C34H27N. The summed E-state index contributed by atoms with van der Waals surface area (Å²) in [5, 5.41) is 3.73. The summed E-state index contributed by atoms with van der Waals surface area (Å²) in [4.78, 5) is 0. The van der Waals surface area contributed by atoms with Crippen LogP contribution in [-0.2, 0) is 10.8 Å². The highest BCUT2D eigenvalue weighted by atomic mass is 14.9. The van der Waals surface area contributed by atoms with Crippen molar-refractivity contribution in [1.82, 2.24) is 0 Å². The summed E-state index contributed by atoms with van der Waals surface area (Å²) >= 11 is 0. The van der Waals surface area contributed by atoms with Gasteiger partial charge in [0.05, 0.1) is 5.41 Å². The van der Waals surface area contributed by atoms with E-state index < -0.39 is 0 Å². The lowest BCUT2D eigenvalue weighted by atomic mass is 9.55. The molecule has 5 aromatic carbocycles. The van der Waals surface area contributed by atoms with E-state index >= 15 is 0 Å². The van der Waals surface area contributed by atoms with Gasteiger partial charge in [-0.25, -0.2) is 0 Å². The van der Waals surface area contributed by atoms with E-state index in [9.17, 15) is 0 Å². The number of hydrogen-bond donors (Lipinski definition) is 1. The van der Waals surface area contributed by atoms with Crippen molar-refractivity contribution in [2.75, 3.05) is 5.32 Å². The Bertz CT molecular complexity index is 1540. The maximum absolute atomic E-state index is 3.73. The van der Waals surface area contributed by atoms with Crippen LogP contribution in [0.3, 0.4) is 0 Å². The van der Waals surface area contributed by atoms with Crippen LogP contribution in [0.15, 0.2) is 121 Å². The van der Waals surface area contributed by atoms with Crippen LogP contribution in [0.2, 0.25) is 0 Å². The molecular weight excluding hydrogens is 422 g/mol. The first kappa shape index (κ1) is 20.3. The van der Waals surface area contributed by atoms with Gasteiger partial charge in [0.15, 0.2) is 0 Å². The average molecular weight is 450 g/mol. The van der Waals surface area contributed by atoms with Crippen LogP contribution in [0.25, 0.3) is 11.1 Å². The third kappa shape index (κ3) is 2.58. The molecule has 0 fully saturated rings. The highest BCUT2D eigenvalue weighted by Crippen LogP contribution is 2.63. The van der Waals surface area contributed by atoms with Gasteiger partial charge in [-0.3, -0.25) is 0 Å². The fraction of sp³-hybridized carbons (Fsp3) is 0.118. The molecule has 35 heavy (non-hydrogen) atoms. The molecule has 1 heteroatoms. The quantitative estimate of drug-likeness (QED) is 0.280. The molecule has 0 amide bonds. The van der Waals surface area contributed by atoms with E-state index in [-0.39, 0.29) is 10.8 Å². The van der Waals surface area contributed by atoms with E-state index in [1.54, 1.807) is 0 Å². The summed E-state index contributed by atoms with van der Waals surface area (Å²) in [6.07, 6.45) is 0. The van der Waals surface area contributed by atoms with E-state index in [0.717, 1.165) is 11.4 Å². The molecule has 0 saturated carbocycles. The highest BCUT2D eigenvalue weighted by molar-refractivity contribution is 5.95. The summed E-state index contributed by atoms with van der Waals surface area (Å²) in [6, 6.07) is 44.4. The molecule has 0 saturated heterocycles.